The summed E-state index contributed by atoms with van der Waals surface area (Å²) in [6.45, 7) is 3.23. The van der Waals surface area contributed by atoms with Crippen LogP contribution in [0.3, 0.4) is 0 Å². The predicted octanol–water partition coefficient (Wildman–Crippen LogP) is 3.17. The van der Waals surface area contributed by atoms with Gasteiger partial charge in [-0.15, -0.1) is 0 Å². The fourth-order valence-electron chi connectivity index (χ4n) is 3.17. The van der Waals surface area contributed by atoms with Crippen LogP contribution < -0.4 is 10.0 Å². The molecular formula is C19H22N2O3S. The van der Waals surface area contributed by atoms with Gasteiger partial charge in [-0.2, -0.15) is 0 Å². The first kappa shape index (κ1) is 17.6. The predicted molar refractivity (Wildman–Crippen MR) is 97.9 cm³/mol. The molecule has 0 spiro atoms. The monoisotopic (exact) mass is 358 g/mol. The molecule has 0 aliphatic heterocycles. The van der Waals surface area contributed by atoms with Crippen molar-refractivity contribution < 1.29 is 13.2 Å². The third-order valence-electron chi connectivity index (χ3n) is 4.42. The van der Waals surface area contributed by atoms with E-state index in [0.717, 1.165) is 30.4 Å². The van der Waals surface area contributed by atoms with Crippen LogP contribution in [-0.2, 0) is 27.7 Å². The van der Waals surface area contributed by atoms with Crippen LogP contribution in [0.2, 0.25) is 0 Å². The Bertz CT molecular complexity index is 907. The molecule has 1 aliphatic carbocycles. The molecule has 1 atom stereocenters. The number of benzene rings is 2. The summed E-state index contributed by atoms with van der Waals surface area (Å²) in [7, 11) is -3.60. The van der Waals surface area contributed by atoms with Gasteiger partial charge in [0.1, 0.15) is 0 Å². The molecule has 1 aliphatic rings. The second kappa shape index (κ2) is 6.98. The standard InChI is InChI=1S/C19H22N2O3S/c1-13(16-6-4-8-18(11-16)20-14(2)22)21-25(23,24)19-10-9-15-5-3-7-17(15)12-19/h4,6,8-13,21H,3,5,7H2,1-2H3,(H,20,22)/t13-/m0/s1. The lowest BCUT2D eigenvalue weighted by atomic mass is 10.1. The van der Waals surface area contributed by atoms with Crippen LogP contribution in [0, 0.1) is 0 Å². The highest BCUT2D eigenvalue weighted by atomic mass is 32.2. The molecule has 0 saturated carbocycles. The Morgan fingerprint density at radius 2 is 1.84 bits per heavy atom. The number of carbonyl (C=O) groups is 1. The molecule has 0 heterocycles. The van der Waals surface area contributed by atoms with E-state index in [1.807, 2.05) is 12.1 Å². The second-order valence-electron chi connectivity index (χ2n) is 6.43. The van der Waals surface area contributed by atoms with Crippen LogP contribution >= 0.6 is 0 Å². The highest BCUT2D eigenvalue weighted by molar-refractivity contribution is 7.89. The molecule has 0 aromatic heterocycles. The Kier molecular flexibility index (Phi) is 4.92. The van der Waals surface area contributed by atoms with E-state index < -0.39 is 16.1 Å². The van der Waals surface area contributed by atoms with Gasteiger partial charge < -0.3 is 5.32 Å². The molecule has 2 aromatic rings. The van der Waals surface area contributed by atoms with Crippen LogP contribution in [0.5, 0.6) is 0 Å². The van der Waals surface area contributed by atoms with Crippen molar-refractivity contribution in [2.45, 2.75) is 44.0 Å². The number of hydrogen-bond donors (Lipinski definition) is 2. The summed E-state index contributed by atoms with van der Waals surface area (Å²) < 4.78 is 28.1. The molecule has 2 aromatic carbocycles. The van der Waals surface area contributed by atoms with Gasteiger partial charge in [0.25, 0.3) is 0 Å². The van der Waals surface area contributed by atoms with Crippen LogP contribution in [0.15, 0.2) is 47.4 Å². The quantitative estimate of drug-likeness (QED) is 0.862. The van der Waals surface area contributed by atoms with E-state index in [2.05, 4.69) is 10.0 Å². The number of nitrogens with one attached hydrogen (secondary N) is 2. The van der Waals surface area contributed by atoms with Crippen molar-refractivity contribution in [3.63, 3.8) is 0 Å². The van der Waals surface area contributed by atoms with Crippen LogP contribution in [0.1, 0.15) is 43.0 Å². The van der Waals surface area contributed by atoms with Crippen molar-refractivity contribution in [3.8, 4) is 0 Å². The number of carbonyl (C=O) groups excluding carboxylic acids is 1. The number of hydrogen-bond acceptors (Lipinski definition) is 3. The Hall–Kier alpha value is -2.18. The smallest absolute Gasteiger partial charge is 0.241 e. The Morgan fingerprint density at radius 3 is 2.60 bits per heavy atom. The van der Waals surface area contributed by atoms with Crippen molar-refractivity contribution in [1.29, 1.82) is 0 Å². The van der Waals surface area contributed by atoms with Crippen LogP contribution in [0.25, 0.3) is 0 Å². The van der Waals surface area contributed by atoms with E-state index in [1.165, 1.54) is 12.5 Å². The van der Waals surface area contributed by atoms with Gasteiger partial charge in [-0.05, 0) is 67.1 Å². The van der Waals surface area contributed by atoms with Gasteiger partial charge in [-0.3, -0.25) is 4.79 Å². The molecule has 0 unspecified atom stereocenters. The molecule has 0 saturated heterocycles. The van der Waals surface area contributed by atoms with Crippen LogP contribution in [-0.4, -0.2) is 14.3 Å². The maximum Gasteiger partial charge on any atom is 0.241 e. The van der Waals surface area contributed by atoms with E-state index in [1.54, 1.807) is 37.3 Å². The molecule has 6 heteroatoms. The number of fused-ring (bicyclic) bond motifs is 1. The maximum absolute atomic E-state index is 12.7. The molecule has 3 rings (SSSR count). The molecule has 0 bridgehead atoms. The Morgan fingerprint density at radius 1 is 1.08 bits per heavy atom. The lowest BCUT2D eigenvalue weighted by molar-refractivity contribution is -0.114. The fourth-order valence-corrected chi connectivity index (χ4v) is 4.46. The minimum Gasteiger partial charge on any atom is -0.326 e. The van der Waals surface area contributed by atoms with Crippen molar-refractivity contribution in [2.24, 2.45) is 0 Å². The fraction of sp³-hybridized carbons (Fsp3) is 0.316. The molecule has 0 radical (unpaired) electrons. The Labute approximate surface area is 148 Å². The van der Waals surface area contributed by atoms with E-state index in [0.29, 0.717) is 10.6 Å². The van der Waals surface area contributed by atoms with Gasteiger partial charge in [-0.25, -0.2) is 13.1 Å². The molecule has 2 N–H and O–H groups in total. The third kappa shape index (κ3) is 4.08. The molecule has 132 valence electrons. The molecule has 5 nitrogen and oxygen atoms in total. The zero-order valence-corrected chi connectivity index (χ0v) is 15.2. The first-order valence-electron chi connectivity index (χ1n) is 8.37. The summed E-state index contributed by atoms with van der Waals surface area (Å²) in [6, 6.07) is 12.1. The van der Waals surface area contributed by atoms with Gasteiger partial charge in [0, 0.05) is 18.7 Å². The summed E-state index contributed by atoms with van der Waals surface area (Å²) in [5.41, 5.74) is 3.81. The average Bonchev–Trinajstić information content (AvgIpc) is 3.01. The average molecular weight is 358 g/mol. The highest BCUT2D eigenvalue weighted by Crippen LogP contribution is 2.26. The lowest BCUT2D eigenvalue weighted by Crippen LogP contribution is -2.27. The number of amides is 1. The summed E-state index contributed by atoms with van der Waals surface area (Å²) in [4.78, 5) is 11.5. The van der Waals surface area contributed by atoms with Crippen molar-refractivity contribution >= 4 is 21.6 Å². The van der Waals surface area contributed by atoms with Gasteiger partial charge in [0.2, 0.25) is 15.9 Å². The molecule has 25 heavy (non-hydrogen) atoms. The zero-order valence-electron chi connectivity index (χ0n) is 14.4. The SMILES string of the molecule is CC(=O)Nc1cccc([C@H](C)NS(=O)(=O)c2ccc3c(c2)CCC3)c1. The molecule has 0 fully saturated rings. The van der Waals surface area contributed by atoms with Gasteiger partial charge in [-0.1, -0.05) is 18.2 Å². The first-order valence-corrected chi connectivity index (χ1v) is 9.85. The number of sulfonamides is 1. The number of aryl methyl sites for hydroxylation is 2. The van der Waals surface area contributed by atoms with Gasteiger partial charge >= 0.3 is 0 Å². The molecule has 1 amide bonds. The minimum atomic E-state index is -3.60. The Balaban J connectivity index is 1.79. The topological polar surface area (TPSA) is 75.3 Å². The summed E-state index contributed by atoms with van der Waals surface area (Å²) >= 11 is 0. The maximum atomic E-state index is 12.7. The first-order chi connectivity index (χ1) is 11.8. The van der Waals surface area contributed by atoms with Crippen LogP contribution in [0.4, 0.5) is 5.69 Å². The summed E-state index contributed by atoms with van der Waals surface area (Å²) in [6.07, 6.45) is 3.04. The molecular weight excluding hydrogens is 336 g/mol. The van der Waals surface area contributed by atoms with E-state index in [-0.39, 0.29) is 5.91 Å². The van der Waals surface area contributed by atoms with E-state index >= 15 is 0 Å². The lowest BCUT2D eigenvalue weighted by Gasteiger charge is -2.16. The van der Waals surface area contributed by atoms with Gasteiger partial charge in [0.15, 0.2) is 0 Å². The zero-order chi connectivity index (χ0) is 18.0. The largest absolute Gasteiger partial charge is 0.326 e. The number of rotatable bonds is 5. The second-order valence-corrected chi connectivity index (χ2v) is 8.15. The van der Waals surface area contributed by atoms with Crippen molar-refractivity contribution in [3.05, 3.63) is 59.2 Å². The normalized spacial score (nSPS) is 14.8. The van der Waals surface area contributed by atoms with E-state index in [9.17, 15) is 13.2 Å². The summed E-state index contributed by atoms with van der Waals surface area (Å²) in [5.74, 6) is -0.163. The highest BCUT2D eigenvalue weighted by Gasteiger charge is 2.21. The number of anilines is 1. The minimum absolute atomic E-state index is 0.163. The van der Waals surface area contributed by atoms with Crippen molar-refractivity contribution in [2.75, 3.05) is 5.32 Å². The third-order valence-corrected chi connectivity index (χ3v) is 5.96. The van der Waals surface area contributed by atoms with E-state index in [4.69, 9.17) is 0 Å². The summed E-state index contributed by atoms with van der Waals surface area (Å²) in [5, 5.41) is 2.71. The van der Waals surface area contributed by atoms with Crippen molar-refractivity contribution in [1.82, 2.24) is 4.72 Å². The van der Waals surface area contributed by atoms with Gasteiger partial charge in [0.05, 0.1) is 4.90 Å².